The summed E-state index contributed by atoms with van der Waals surface area (Å²) in [5.74, 6) is -2.69. The van der Waals surface area contributed by atoms with E-state index in [-0.39, 0.29) is 5.69 Å². The molecule has 0 aliphatic heterocycles. The van der Waals surface area contributed by atoms with Gasteiger partial charge in [-0.25, -0.2) is 9.18 Å². The molecule has 0 aliphatic carbocycles. The number of anilines is 1. The van der Waals surface area contributed by atoms with Crippen molar-refractivity contribution in [3.63, 3.8) is 0 Å². The maximum atomic E-state index is 13.2. The first-order valence-electron chi connectivity index (χ1n) is 5.73. The van der Waals surface area contributed by atoms with Crippen LogP contribution < -0.4 is 5.32 Å². The van der Waals surface area contributed by atoms with Crippen LogP contribution in [0.4, 0.5) is 10.1 Å². The van der Waals surface area contributed by atoms with E-state index in [0.717, 1.165) is 17.7 Å². The van der Waals surface area contributed by atoms with E-state index in [1.54, 1.807) is 19.2 Å². The van der Waals surface area contributed by atoms with Gasteiger partial charge in [-0.2, -0.15) is 0 Å². The van der Waals surface area contributed by atoms with Crippen molar-refractivity contribution in [2.24, 2.45) is 0 Å². The standard InChI is InChI=1S/C14H11FN2O3/c1-8-4-9(7-16-6-8)13(18)17-10-2-3-12(15)11(5-10)14(19)20/h2-7H,1H3,(H,17,18)(H,19,20). The van der Waals surface area contributed by atoms with Crippen LogP contribution in [0.25, 0.3) is 0 Å². The molecule has 0 bridgehead atoms. The van der Waals surface area contributed by atoms with Crippen molar-refractivity contribution in [2.75, 3.05) is 5.32 Å². The molecular formula is C14H11FN2O3. The number of aromatic carboxylic acids is 1. The first-order valence-corrected chi connectivity index (χ1v) is 5.73. The van der Waals surface area contributed by atoms with Gasteiger partial charge in [0.25, 0.3) is 5.91 Å². The summed E-state index contributed by atoms with van der Waals surface area (Å²) in [6, 6.07) is 5.00. The second-order valence-electron chi connectivity index (χ2n) is 4.20. The predicted molar refractivity (Wildman–Crippen MR) is 70.3 cm³/mol. The average molecular weight is 274 g/mol. The highest BCUT2D eigenvalue weighted by Gasteiger charge is 2.13. The minimum Gasteiger partial charge on any atom is -0.478 e. The van der Waals surface area contributed by atoms with Gasteiger partial charge >= 0.3 is 5.97 Å². The van der Waals surface area contributed by atoms with Crippen LogP contribution in [0.5, 0.6) is 0 Å². The van der Waals surface area contributed by atoms with Crippen molar-refractivity contribution in [1.29, 1.82) is 0 Å². The first-order chi connectivity index (χ1) is 9.47. The molecule has 102 valence electrons. The largest absolute Gasteiger partial charge is 0.478 e. The van der Waals surface area contributed by atoms with Crippen LogP contribution in [0.1, 0.15) is 26.3 Å². The number of rotatable bonds is 3. The fourth-order valence-electron chi connectivity index (χ4n) is 1.65. The molecule has 2 N–H and O–H groups in total. The van der Waals surface area contributed by atoms with Crippen LogP contribution in [0.2, 0.25) is 0 Å². The lowest BCUT2D eigenvalue weighted by Crippen LogP contribution is -2.13. The van der Waals surface area contributed by atoms with E-state index in [4.69, 9.17) is 5.11 Å². The van der Waals surface area contributed by atoms with Gasteiger partial charge in [0.2, 0.25) is 0 Å². The number of hydrogen-bond acceptors (Lipinski definition) is 3. The Morgan fingerprint density at radius 1 is 1.25 bits per heavy atom. The van der Waals surface area contributed by atoms with Gasteiger partial charge in [-0.3, -0.25) is 9.78 Å². The number of hydrogen-bond donors (Lipinski definition) is 2. The Kier molecular flexibility index (Phi) is 3.74. The van der Waals surface area contributed by atoms with Crippen molar-refractivity contribution in [1.82, 2.24) is 4.98 Å². The van der Waals surface area contributed by atoms with E-state index in [0.29, 0.717) is 5.56 Å². The number of carbonyl (C=O) groups excluding carboxylic acids is 1. The Balaban J connectivity index is 2.24. The van der Waals surface area contributed by atoms with Gasteiger partial charge in [0.1, 0.15) is 5.82 Å². The first kappa shape index (κ1) is 13.7. The molecule has 0 unspecified atom stereocenters. The lowest BCUT2D eigenvalue weighted by Gasteiger charge is -2.07. The molecular weight excluding hydrogens is 263 g/mol. The number of benzene rings is 1. The number of carboxylic acid groups (broad SMARTS) is 1. The van der Waals surface area contributed by atoms with Gasteiger partial charge < -0.3 is 10.4 Å². The van der Waals surface area contributed by atoms with Crippen molar-refractivity contribution in [3.05, 3.63) is 59.2 Å². The summed E-state index contributed by atoms with van der Waals surface area (Å²) in [4.78, 5) is 26.6. The summed E-state index contributed by atoms with van der Waals surface area (Å²) in [5, 5.41) is 11.3. The van der Waals surface area contributed by atoms with Gasteiger partial charge in [-0.05, 0) is 36.8 Å². The molecule has 6 heteroatoms. The number of aromatic nitrogens is 1. The summed E-state index contributed by atoms with van der Waals surface area (Å²) in [7, 11) is 0. The molecule has 1 aromatic carbocycles. The number of halogens is 1. The van der Waals surface area contributed by atoms with Crippen molar-refractivity contribution < 1.29 is 19.1 Å². The second kappa shape index (κ2) is 5.48. The lowest BCUT2D eigenvalue weighted by atomic mass is 10.1. The van der Waals surface area contributed by atoms with E-state index in [2.05, 4.69) is 10.3 Å². The van der Waals surface area contributed by atoms with Crippen molar-refractivity contribution >= 4 is 17.6 Å². The van der Waals surface area contributed by atoms with Crippen molar-refractivity contribution in [2.45, 2.75) is 6.92 Å². The minimum atomic E-state index is -1.39. The zero-order chi connectivity index (χ0) is 14.7. The van der Waals surface area contributed by atoms with Gasteiger partial charge in [0.05, 0.1) is 11.1 Å². The molecule has 2 aromatic rings. The monoisotopic (exact) mass is 274 g/mol. The highest BCUT2D eigenvalue weighted by Crippen LogP contribution is 2.16. The van der Waals surface area contributed by atoms with E-state index in [1.807, 2.05) is 0 Å². The topological polar surface area (TPSA) is 79.3 Å². The molecule has 2 rings (SSSR count). The van der Waals surface area contributed by atoms with Crippen LogP contribution in [-0.2, 0) is 0 Å². The number of pyridine rings is 1. The number of nitrogens with zero attached hydrogens (tertiary/aromatic N) is 1. The molecule has 1 aromatic heterocycles. The Labute approximate surface area is 114 Å². The second-order valence-corrected chi connectivity index (χ2v) is 4.20. The molecule has 1 heterocycles. The molecule has 5 nitrogen and oxygen atoms in total. The predicted octanol–water partition coefficient (Wildman–Crippen LogP) is 2.48. The van der Waals surface area contributed by atoms with Gasteiger partial charge in [-0.15, -0.1) is 0 Å². The molecule has 0 aliphatic rings. The third kappa shape index (κ3) is 2.97. The zero-order valence-corrected chi connectivity index (χ0v) is 10.6. The number of nitrogens with one attached hydrogen (secondary N) is 1. The highest BCUT2D eigenvalue weighted by atomic mass is 19.1. The van der Waals surface area contributed by atoms with Crippen LogP contribution in [0.3, 0.4) is 0 Å². The summed E-state index contributed by atoms with van der Waals surface area (Å²) in [5.41, 5.74) is 0.870. The summed E-state index contributed by atoms with van der Waals surface area (Å²) < 4.78 is 13.2. The maximum Gasteiger partial charge on any atom is 0.338 e. The fraction of sp³-hybridized carbons (Fsp3) is 0.0714. The third-order valence-electron chi connectivity index (χ3n) is 2.59. The number of carboxylic acids is 1. The van der Waals surface area contributed by atoms with Gasteiger partial charge in [-0.1, -0.05) is 0 Å². The Morgan fingerprint density at radius 3 is 2.65 bits per heavy atom. The molecule has 0 spiro atoms. The summed E-state index contributed by atoms with van der Waals surface area (Å²) in [6.45, 7) is 1.80. The molecule has 1 amide bonds. The number of carbonyl (C=O) groups is 2. The third-order valence-corrected chi connectivity index (χ3v) is 2.59. The van der Waals surface area contributed by atoms with E-state index in [9.17, 15) is 14.0 Å². The van der Waals surface area contributed by atoms with Crippen LogP contribution in [-0.4, -0.2) is 22.0 Å². The van der Waals surface area contributed by atoms with Crippen molar-refractivity contribution in [3.8, 4) is 0 Å². The van der Waals surface area contributed by atoms with Crippen LogP contribution in [0, 0.1) is 12.7 Å². The number of amides is 1. The fourth-order valence-corrected chi connectivity index (χ4v) is 1.65. The van der Waals surface area contributed by atoms with Crippen LogP contribution in [0.15, 0.2) is 36.7 Å². The van der Waals surface area contributed by atoms with Crippen LogP contribution >= 0.6 is 0 Å². The molecule has 0 fully saturated rings. The molecule has 20 heavy (non-hydrogen) atoms. The SMILES string of the molecule is Cc1cncc(C(=O)Nc2ccc(F)c(C(=O)O)c2)c1. The summed E-state index contributed by atoms with van der Waals surface area (Å²) in [6.07, 6.45) is 3.00. The normalized spacial score (nSPS) is 10.1. The zero-order valence-electron chi connectivity index (χ0n) is 10.6. The molecule has 0 saturated carbocycles. The molecule has 0 saturated heterocycles. The number of aryl methyl sites for hydroxylation is 1. The average Bonchev–Trinajstić information content (AvgIpc) is 2.40. The smallest absolute Gasteiger partial charge is 0.338 e. The molecule has 0 radical (unpaired) electrons. The summed E-state index contributed by atoms with van der Waals surface area (Å²) >= 11 is 0. The Bertz CT molecular complexity index is 686. The Morgan fingerprint density at radius 2 is 2.00 bits per heavy atom. The lowest BCUT2D eigenvalue weighted by molar-refractivity contribution is 0.0691. The van der Waals surface area contributed by atoms with Gasteiger partial charge in [0, 0.05) is 18.1 Å². The van der Waals surface area contributed by atoms with E-state index >= 15 is 0 Å². The Hall–Kier alpha value is -2.76. The minimum absolute atomic E-state index is 0.204. The highest BCUT2D eigenvalue weighted by molar-refractivity contribution is 6.04. The molecule has 0 atom stereocenters. The van der Waals surface area contributed by atoms with E-state index in [1.165, 1.54) is 12.3 Å². The quantitative estimate of drug-likeness (QED) is 0.901. The maximum absolute atomic E-state index is 13.2. The van der Waals surface area contributed by atoms with E-state index < -0.39 is 23.3 Å². The van der Waals surface area contributed by atoms with Gasteiger partial charge in [0.15, 0.2) is 0 Å².